The maximum absolute atomic E-state index is 13.6. The number of anilines is 1. The van der Waals surface area contributed by atoms with Crippen LogP contribution < -0.4 is 10.2 Å². The first-order valence-electron chi connectivity index (χ1n) is 13.5. The molecule has 0 unspecified atom stereocenters. The molecule has 4 atom stereocenters. The summed E-state index contributed by atoms with van der Waals surface area (Å²) in [5.74, 6) is -0.620. The smallest absolute Gasteiger partial charge is 0.282 e. The van der Waals surface area contributed by atoms with Crippen molar-refractivity contribution in [1.82, 2.24) is 18.9 Å². The van der Waals surface area contributed by atoms with Crippen molar-refractivity contribution in [3.63, 3.8) is 0 Å². The largest absolute Gasteiger partial charge is 0.394 e. The van der Waals surface area contributed by atoms with E-state index in [2.05, 4.69) is 10.3 Å². The Morgan fingerprint density at radius 2 is 1.97 bits per heavy atom. The average molecular weight is 564 g/mol. The first-order valence-corrected chi connectivity index (χ1v) is 15.7. The molecule has 0 bridgehead atoms. The van der Waals surface area contributed by atoms with Crippen molar-refractivity contribution in [3.05, 3.63) is 24.3 Å². The van der Waals surface area contributed by atoms with Crippen molar-refractivity contribution in [2.75, 3.05) is 31.6 Å². The number of carbonyl (C=O) groups excluding carboxylic acids is 2. The van der Waals surface area contributed by atoms with E-state index in [0.29, 0.717) is 23.9 Å². The number of hydrogen-bond donors (Lipinski definition) is 2. The molecule has 12 heteroatoms. The number of fused-ring (bicyclic) bond motifs is 2. The maximum atomic E-state index is 13.6. The fourth-order valence-electron chi connectivity index (χ4n) is 6.37. The summed E-state index contributed by atoms with van der Waals surface area (Å²) in [7, 11) is -2.60. The molecule has 3 heterocycles. The summed E-state index contributed by atoms with van der Waals surface area (Å²) in [4.78, 5) is 32.4. The highest BCUT2D eigenvalue weighted by Crippen LogP contribution is 2.43. The van der Waals surface area contributed by atoms with Crippen LogP contribution in [0, 0.1) is 11.8 Å². The summed E-state index contributed by atoms with van der Waals surface area (Å²) >= 11 is 1.43. The van der Waals surface area contributed by atoms with Crippen LogP contribution in [0.25, 0.3) is 10.2 Å². The number of hydrogen-bond acceptors (Lipinski definition) is 7. The molecular weight excluding hydrogens is 526 g/mol. The van der Waals surface area contributed by atoms with E-state index in [1.807, 2.05) is 24.3 Å². The molecule has 1 aromatic heterocycles. The summed E-state index contributed by atoms with van der Waals surface area (Å²) in [5.41, 5.74) is 0.814. The topological polar surface area (TPSA) is 123 Å². The summed E-state index contributed by atoms with van der Waals surface area (Å²) in [6, 6.07) is 6.48. The molecular formula is C26H37N5O5S2. The van der Waals surface area contributed by atoms with Gasteiger partial charge in [0.25, 0.3) is 10.2 Å². The van der Waals surface area contributed by atoms with Gasteiger partial charge in [-0.3, -0.25) is 14.5 Å². The van der Waals surface area contributed by atoms with Crippen LogP contribution in [-0.2, 0) is 19.8 Å². The number of benzene rings is 1. The van der Waals surface area contributed by atoms with Crippen LogP contribution in [0.2, 0.25) is 0 Å². The van der Waals surface area contributed by atoms with E-state index in [4.69, 9.17) is 0 Å². The number of nitrogens with one attached hydrogen (secondary N) is 1. The minimum absolute atomic E-state index is 0.132. The minimum Gasteiger partial charge on any atom is -0.394 e. The van der Waals surface area contributed by atoms with Crippen molar-refractivity contribution in [2.45, 2.75) is 70.0 Å². The number of aliphatic hydroxyl groups excluding tert-OH is 1. The third kappa shape index (κ3) is 5.21. The van der Waals surface area contributed by atoms with Gasteiger partial charge in [0.1, 0.15) is 0 Å². The Hall–Kier alpha value is -2.12. The van der Waals surface area contributed by atoms with Crippen molar-refractivity contribution in [3.8, 4) is 0 Å². The molecule has 3 aliphatic rings. The third-order valence-corrected chi connectivity index (χ3v) is 11.3. The highest BCUT2D eigenvalue weighted by Gasteiger charge is 2.56. The Labute approximate surface area is 228 Å². The number of rotatable bonds is 9. The Morgan fingerprint density at radius 1 is 1.24 bits per heavy atom. The standard InChI is InChI=1S/C26H37N5O5S2/c1-17-24-21(31(25(17)34)26-28-20-10-6-7-11-22(20)37-26)12-13-30(24)38(35,36)29(2)15-23(33)27-19(16-32)14-18-8-4-3-5-9-18/h6-7,10-11,17-19,21,24,32H,3-5,8-9,12-16H2,1-2H3,(H,27,33)/t17-,19-,21-,24+/m0/s1. The number of likely N-dealkylation sites (N-methyl/N-ethyl adjacent to an activating group) is 1. The van der Waals surface area contributed by atoms with Crippen LogP contribution >= 0.6 is 11.3 Å². The Balaban J connectivity index is 1.25. The minimum atomic E-state index is -4.00. The van der Waals surface area contributed by atoms with Gasteiger partial charge in [-0.15, -0.1) is 0 Å². The second-order valence-corrected chi connectivity index (χ2v) is 13.9. The normalized spacial score (nSPS) is 25.8. The first kappa shape index (κ1) is 27.4. The second-order valence-electron chi connectivity index (χ2n) is 10.9. The molecule has 1 aliphatic carbocycles. The van der Waals surface area contributed by atoms with Crippen LogP contribution in [0.4, 0.5) is 5.13 Å². The van der Waals surface area contributed by atoms with Gasteiger partial charge in [-0.2, -0.15) is 17.0 Å². The molecule has 10 nitrogen and oxygen atoms in total. The molecule has 2 saturated heterocycles. The number of thiazole rings is 1. The van der Waals surface area contributed by atoms with Crippen LogP contribution in [-0.4, -0.2) is 83.8 Å². The zero-order chi connectivity index (χ0) is 27.0. The Kier molecular flexibility index (Phi) is 8.07. The lowest BCUT2D eigenvalue weighted by Crippen LogP contribution is -2.51. The van der Waals surface area contributed by atoms with Gasteiger partial charge in [0.15, 0.2) is 5.13 Å². The number of amides is 2. The summed E-state index contributed by atoms with van der Waals surface area (Å²) in [5, 5.41) is 13.2. The van der Waals surface area contributed by atoms with Crippen molar-refractivity contribution in [1.29, 1.82) is 0 Å². The lowest BCUT2D eigenvalue weighted by molar-refractivity contribution is -0.122. The summed E-state index contributed by atoms with van der Waals surface area (Å²) in [6.45, 7) is 1.52. The third-order valence-electron chi connectivity index (χ3n) is 8.32. The molecule has 208 valence electrons. The Bertz CT molecular complexity index is 1240. The van der Waals surface area contributed by atoms with Crippen molar-refractivity contribution in [2.24, 2.45) is 11.8 Å². The first-order chi connectivity index (χ1) is 18.2. The number of carbonyl (C=O) groups is 2. The molecule has 2 amide bonds. The Morgan fingerprint density at radius 3 is 2.68 bits per heavy atom. The monoisotopic (exact) mass is 563 g/mol. The molecule has 38 heavy (non-hydrogen) atoms. The zero-order valence-corrected chi connectivity index (χ0v) is 23.6. The van der Waals surface area contributed by atoms with Crippen LogP contribution in [0.15, 0.2) is 24.3 Å². The quantitative estimate of drug-likeness (QED) is 0.483. The zero-order valence-electron chi connectivity index (χ0n) is 22.0. The molecule has 1 aromatic carbocycles. The van der Waals surface area contributed by atoms with E-state index < -0.39 is 28.1 Å². The van der Waals surface area contributed by atoms with Crippen molar-refractivity contribution >= 4 is 48.7 Å². The number of nitrogens with zero attached hydrogens (tertiary/aromatic N) is 4. The van der Waals surface area contributed by atoms with E-state index in [0.717, 1.165) is 27.4 Å². The molecule has 1 saturated carbocycles. The average Bonchev–Trinajstić information content (AvgIpc) is 3.59. The van der Waals surface area contributed by atoms with Crippen molar-refractivity contribution < 1.29 is 23.1 Å². The van der Waals surface area contributed by atoms with E-state index in [1.54, 1.807) is 11.8 Å². The van der Waals surface area contributed by atoms with Gasteiger partial charge in [0.2, 0.25) is 11.8 Å². The number of para-hydroxylation sites is 1. The van der Waals surface area contributed by atoms with Gasteiger partial charge >= 0.3 is 0 Å². The highest BCUT2D eigenvalue weighted by molar-refractivity contribution is 7.86. The predicted molar refractivity (Wildman–Crippen MR) is 147 cm³/mol. The van der Waals surface area contributed by atoms with Crippen LogP contribution in [0.1, 0.15) is 51.9 Å². The lowest BCUT2D eigenvalue weighted by Gasteiger charge is -2.30. The van der Waals surface area contributed by atoms with Crippen LogP contribution in [0.5, 0.6) is 0 Å². The summed E-state index contributed by atoms with van der Waals surface area (Å²) in [6.07, 6.45) is 6.99. The highest BCUT2D eigenvalue weighted by atomic mass is 32.2. The molecule has 2 aromatic rings. The van der Waals surface area contributed by atoms with E-state index in [9.17, 15) is 23.1 Å². The fraction of sp³-hybridized carbons (Fsp3) is 0.654. The van der Waals surface area contributed by atoms with Gasteiger partial charge in [-0.05, 0) is 30.9 Å². The molecule has 2 aliphatic heterocycles. The van der Waals surface area contributed by atoms with E-state index in [1.165, 1.54) is 42.0 Å². The molecule has 0 spiro atoms. The van der Waals surface area contributed by atoms with Gasteiger partial charge in [0, 0.05) is 13.6 Å². The van der Waals surface area contributed by atoms with E-state index >= 15 is 0 Å². The molecule has 5 rings (SSSR count). The SMILES string of the molecule is C[C@@H]1C(=O)N(c2nc3ccccc3s2)[C@H]2CCN(S(=O)(=O)N(C)CC(=O)N[C@H](CO)CC3CCCCC3)[C@H]12. The number of aromatic nitrogens is 1. The van der Waals surface area contributed by atoms with Gasteiger partial charge in [-0.1, -0.05) is 62.5 Å². The predicted octanol–water partition coefficient (Wildman–Crippen LogP) is 2.35. The lowest BCUT2D eigenvalue weighted by atomic mass is 9.85. The number of aliphatic hydroxyl groups is 1. The maximum Gasteiger partial charge on any atom is 0.282 e. The second kappa shape index (κ2) is 11.2. The van der Waals surface area contributed by atoms with Gasteiger partial charge < -0.3 is 10.4 Å². The summed E-state index contributed by atoms with van der Waals surface area (Å²) < 4.78 is 30.6. The van der Waals surface area contributed by atoms with Gasteiger partial charge in [-0.25, -0.2) is 4.98 Å². The van der Waals surface area contributed by atoms with Crippen LogP contribution in [0.3, 0.4) is 0 Å². The molecule has 2 N–H and O–H groups in total. The fourth-order valence-corrected chi connectivity index (χ4v) is 9.01. The van der Waals surface area contributed by atoms with Gasteiger partial charge in [0.05, 0.1) is 47.4 Å². The van der Waals surface area contributed by atoms with E-state index in [-0.39, 0.29) is 37.7 Å². The molecule has 0 radical (unpaired) electrons. The molecule has 3 fully saturated rings.